The average Bonchev–Trinajstić information content (AvgIpc) is 3.19. The number of nitrogens with zero attached hydrogens (tertiary/aromatic N) is 4. The predicted octanol–water partition coefficient (Wildman–Crippen LogP) is 2.80. The third-order valence-electron chi connectivity index (χ3n) is 4.55. The van der Waals surface area contributed by atoms with Crippen LogP contribution in [-0.4, -0.2) is 36.9 Å². The maximum Gasteiger partial charge on any atom is 0.290 e. The lowest BCUT2D eigenvalue weighted by Crippen LogP contribution is -2.40. The minimum Gasteiger partial charge on any atom is -0.340 e. The van der Waals surface area contributed by atoms with Crippen LogP contribution in [-0.2, 0) is 7.05 Å². The third kappa shape index (κ3) is 2.46. The van der Waals surface area contributed by atoms with Crippen LogP contribution in [0.2, 0.25) is 0 Å². The van der Waals surface area contributed by atoms with E-state index < -0.39 is 0 Å². The number of amides is 1. The van der Waals surface area contributed by atoms with E-state index in [0.29, 0.717) is 29.2 Å². The molecule has 0 spiro atoms. The number of piperidine rings is 1. The lowest BCUT2D eigenvalue weighted by atomic mass is 10.0. The van der Waals surface area contributed by atoms with Crippen LogP contribution in [0.3, 0.4) is 0 Å². The Morgan fingerprint density at radius 2 is 2.25 bits per heavy atom. The number of carbonyl (C=O) groups is 1. The molecule has 3 aromatic rings. The summed E-state index contributed by atoms with van der Waals surface area (Å²) >= 11 is 0. The molecule has 1 saturated heterocycles. The summed E-state index contributed by atoms with van der Waals surface area (Å²) in [6, 6.07) is 4.33. The monoisotopic (exact) mass is 327 g/mol. The molecule has 6 nitrogen and oxygen atoms in total. The van der Waals surface area contributed by atoms with Gasteiger partial charge in [-0.2, -0.15) is 0 Å². The molecule has 1 amide bonds. The number of aromatic amines is 1. The van der Waals surface area contributed by atoms with E-state index in [2.05, 4.69) is 15.0 Å². The molecule has 1 N–H and O–H groups in total. The normalized spacial score (nSPS) is 18.2. The number of likely N-dealkylation sites (tertiary alicyclic amines) is 1. The van der Waals surface area contributed by atoms with Crippen LogP contribution in [0.25, 0.3) is 11.0 Å². The fourth-order valence-corrected chi connectivity index (χ4v) is 3.32. The summed E-state index contributed by atoms with van der Waals surface area (Å²) in [5, 5.41) is 0. The molecule has 2 aromatic heterocycles. The number of imidazole rings is 2. The molecule has 0 radical (unpaired) electrons. The minimum atomic E-state index is -0.303. The number of fused-ring (bicyclic) bond motifs is 1. The van der Waals surface area contributed by atoms with E-state index in [1.54, 1.807) is 23.0 Å². The quantitative estimate of drug-likeness (QED) is 0.787. The molecule has 1 atom stereocenters. The molecular formula is C17H18FN5O. The maximum absolute atomic E-state index is 13.4. The Morgan fingerprint density at radius 3 is 3.04 bits per heavy atom. The molecule has 1 fully saturated rings. The second kappa shape index (κ2) is 5.74. The van der Waals surface area contributed by atoms with Gasteiger partial charge in [0, 0.05) is 26.0 Å². The van der Waals surface area contributed by atoms with Gasteiger partial charge in [-0.05, 0) is 37.5 Å². The van der Waals surface area contributed by atoms with E-state index in [1.165, 1.54) is 12.1 Å². The second-order valence-corrected chi connectivity index (χ2v) is 6.16. The van der Waals surface area contributed by atoms with Crippen LogP contribution in [0, 0.1) is 5.82 Å². The molecular weight excluding hydrogens is 309 g/mol. The number of carbonyl (C=O) groups excluding carboxylic acids is 1. The van der Waals surface area contributed by atoms with Crippen molar-refractivity contribution < 1.29 is 9.18 Å². The van der Waals surface area contributed by atoms with Gasteiger partial charge in [0.25, 0.3) is 5.91 Å². The first-order valence-electron chi connectivity index (χ1n) is 8.07. The molecule has 3 heterocycles. The minimum absolute atomic E-state index is 0.0983. The number of H-pyrrole nitrogens is 1. The van der Waals surface area contributed by atoms with Gasteiger partial charge in [-0.15, -0.1) is 0 Å². The first kappa shape index (κ1) is 14.9. The van der Waals surface area contributed by atoms with Crippen LogP contribution in [0.4, 0.5) is 4.39 Å². The first-order valence-corrected chi connectivity index (χ1v) is 8.07. The van der Waals surface area contributed by atoms with Crippen LogP contribution in [0.1, 0.15) is 41.7 Å². The summed E-state index contributed by atoms with van der Waals surface area (Å²) in [5.41, 5.74) is 1.36. The van der Waals surface area contributed by atoms with E-state index >= 15 is 0 Å². The van der Waals surface area contributed by atoms with Crippen molar-refractivity contribution in [2.45, 2.75) is 25.3 Å². The molecule has 124 valence electrons. The highest BCUT2D eigenvalue weighted by Gasteiger charge is 2.32. The zero-order valence-electron chi connectivity index (χ0n) is 13.4. The van der Waals surface area contributed by atoms with Crippen molar-refractivity contribution in [3.05, 3.63) is 48.1 Å². The van der Waals surface area contributed by atoms with Crippen molar-refractivity contribution in [2.75, 3.05) is 6.54 Å². The van der Waals surface area contributed by atoms with Gasteiger partial charge >= 0.3 is 0 Å². The van der Waals surface area contributed by atoms with Crippen LogP contribution in [0.15, 0.2) is 30.6 Å². The molecule has 1 aromatic carbocycles. The lowest BCUT2D eigenvalue weighted by molar-refractivity contribution is 0.0585. The number of hydrogen-bond acceptors (Lipinski definition) is 3. The van der Waals surface area contributed by atoms with Crippen molar-refractivity contribution in [1.82, 2.24) is 24.4 Å². The highest BCUT2D eigenvalue weighted by Crippen LogP contribution is 2.31. The zero-order chi connectivity index (χ0) is 16.7. The lowest BCUT2D eigenvalue weighted by Gasteiger charge is -2.34. The molecule has 0 bridgehead atoms. The molecule has 4 rings (SSSR count). The number of aryl methyl sites for hydroxylation is 1. The zero-order valence-corrected chi connectivity index (χ0v) is 13.4. The fourth-order valence-electron chi connectivity index (χ4n) is 3.32. The van der Waals surface area contributed by atoms with Gasteiger partial charge in [-0.1, -0.05) is 0 Å². The topological polar surface area (TPSA) is 66.8 Å². The van der Waals surface area contributed by atoms with Crippen molar-refractivity contribution in [3.8, 4) is 0 Å². The Bertz CT molecular complexity index is 899. The van der Waals surface area contributed by atoms with E-state index in [9.17, 15) is 9.18 Å². The van der Waals surface area contributed by atoms with Crippen LogP contribution < -0.4 is 0 Å². The molecule has 1 aliphatic rings. The molecule has 1 aliphatic heterocycles. The standard InChI is InChI=1S/C17H18FN5O/c1-22-9-7-19-16(22)17(24)23-8-3-2-4-14(23)15-20-12-6-5-11(18)10-13(12)21-15/h5-7,9-10,14H,2-4,8H2,1H3,(H,20,21)/t14-/m0/s1. The predicted molar refractivity (Wildman–Crippen MR) is 86.9 cm³/mol. The van der Waals surface area contributed by atoms with E-state index in [1.807, 2.05) is 11.9 Å². The Labute approximate surface area is 138 Å². The molecule has 0 unspecified atom stereocenters. The number of benzene rings is 1. The third-order valence-corrected chi connectivity index (χ3v) is 4.55. The summed E-state index contributed by atoms with van der Waals surface area (Å²) in [6.07, 6.45) is 6.20. The van der Waals surface area contributed by atoms with Gasteiger partial charge in [0.15, 0.2) is 5.82 Å². The van der Waals surface area contributed by atoms with Gasteiger partial charge in [-0.3, -0.25) is 4.79 Å². The summed E-state index contributed by atoms with van der Waals surface area (Å²) in [5.74, 6) is 0.725. The van der Waals surface area contributed by atoms with Gasteiger partial charge < -0.3 is 14.5 Å². The molecule has 24 heavy (non-hydrogen) atoms. The van der Waals surface area contributed by atoms with E-state index in [4.69, 9.17) is 0 Å². The number of hydrogen-bond donors (Lipinski definition) is 1. The number of aromatic nitrogens is 4. The Balaban J connectivity index is 1.70. The number of nitrogens with one attached hydrogen (secondary N) is 1. The van der Waals surface area contributed by atoms with E-state index in [0.717, 1.165) is 19.3 Å². The molecule has 0 aliphatic carbocycles. The Morgan fingerprint density at radius 1 is 1.38 bits per heavy atom. The van der Waals surface area contributed by atoms with Gasteiger partial charge in [-0.25, -0.2) is 14.4 Å². The number of rotatable bonds is 2. The summed E-state index contributed by atoms with van der Waals surface area (Å²) in [4.78, 5) is 26.6. The molecule has 7 heteroatoms. The van der Waals surface area contributed by atoms with Crippen molar-refractivity contribution in [2.24, 2.45) is 7.05 Å². The highest BCUT2D eigenvalue weighted by atomic mass is 19.1. The van der Waals surface area contributed by atoms with Crippen LogP contribution >= 0.6 is 0 Å². The Hall–Kier alpha value is -2.70. The summed E-state index contributed by atoms with van der Waals surface area (Å²) in [7, 11) is 1.81. The maximum atomic E-state index is 13.4. The smallest absolute Gasteiger partial charge is 0.290 e. The van der Waals surface area contributed by atoms with Crippen LogP contribution in [0.5, 0.6) is 0 Å². The van der Waals surface area contributed by atoms with Crippen molar-refractivity contribution >= 4 is 16.9 Å². The summed E-state index contributed by atoms with van der Waals surface area (Å²) < 4.78 is 15.1. The fraction of sp³-hybridized carbons (Fsp3) is 0.353. The average molecular weight is 327 g/mol. The second-order valence-electron chi connectivity index (χ2n) is 6.16. The highest BCUT2D eigenvalue weighted by molar-refractivity contribution is 5.91. The number of halogens is 1. The molecule has 0 saturated carbocycles. The Kier molecular flexibility index (Phi) is 3.55. The van der Waals surface area contributed by atoms with Gasteiger partial charge in [0.1, 0.15) is 11.6 Å². The van der Waals surface area contributed by atoms with Crippen molar-refractivity contribution in [3.63, 3.8) is 0 Å². The summed E-state index contributed by atoms with van der Waals surface area (Å²) in [6.45, 7) is 0.668. The van der Waals surface area contributed by atoms with Gasteiger partial charge in [0.2, 0.25) is 0 Å². The first-order chi connectivity index (χ1) is 11.6. The van der Waals surface area contributed by atoms with Gasteiger partial charge in [0.05, 0.1) is 17.1 Å². The van der Waals surface area contributed by atoms with Crippen molar-refractivity contribution in [1.29, 1.82) is 0 Å². The largest absolute Gasteiger partial charge is 0.340 e. The SMILES string of the molecule is Cn1ccnc1C(=O)N1CCCC[C@H]1c1nc2ccc(F)cc2[nH]1. The van der Waals surface area contributed by atoms with E-state index in [-0.39, 0.29) is 17.8 Å².